The van der Waals surface area contributed by atoms with Crippen molar-refractivity contribution in [3.63, 3.8) is 0 Å². The summed E-state index contributed by atoms with van der Waals surface area (Å²) in [5.41, 5.74) is 7.29. The van der Waals surface area contributed by atoms with Crippen LogP contribution in [0, 0.1) is 0 Å². The van der Waals surface area contributed by atoms with E-state index in [2.05, 4.69) is 133 Å². The summed E-state index contributed by atoms with van der Waals surface area (Å²) >= 11 is 0. The molecule has 1 aliphatic carbocycles. The van der Waals surface area contributed by atoms with Crippen molar-refractivity contribution in [2.45, 2.75) is 12.8 Å². The van der Waals surface area contributed by atoms with Crippen molar-refractivity contribution in [2.24, 2.45) is 0 Å². The second kappa shape index (κ2) is 8.68. The van der Waals surface area contributed by atoms with Gasteiger partial charge in [0, 0.05) is 10.9 Å². The van der Waals surface area contributed by atoms with Crippen LogP contribution < -0.4 is 0 Å². The molecule has 1 heterocycles. The summed E-state index contributed by atoms with van der Waals surface area (Å²) in [6.45, 7) is 0. The first kappa shape index (κ1) is 22.7. The zero-order chi connectivity index (χ0) is 26.9. The SMILES string of the molecule is C1=Cc2oc3cc(-c4c5ccccc5c(-c5ccc6c(ccc7ccccc76)c5)c5ccccc45)ccc3c2CC1. The van der Waals surface area contributed by atoms with Crippen LogP contribution in [-0.4, -0.2) is 0 Å². The zero-order valence-electron chi connectivity index (χ0n) is 22.5. The van der Waals surface area contributed by atoms with Crippen LogP contribution in [0.3, 0.4) is 0 Å². The predicted molar refractivity (Wildman–Crippen MR) is 174 cm³/mol. The lowest BCUT2D eigenvalue weighted by Gasteiger charge is -2.18. The first-order valence-electron chi connectivity index (χ1n) is 14.4. The van der Waals surface area contributed by atoms with Gasteiger partial charge in [0.1, 0.15) is 11.3 Å². The molecule has 1 aromatic heterocycles. The first-order valence-corrected chi connectivity index (χ1v) is 14.4. The molecule has 0 amide bonds. The van der Waals surface area contributed by atoms with E-state index < -0.39 is 0 Å². The van der Waals surface area contributed by atoms with Crippen molar-refractivity contribution in [1.82, 2.24) is 0 Å². The van der Waals surface area contributed by atoms with Gasteiger partial charge in [-0.3, -0.25) is 0 Å². The summed E-state index contributed by atoms with van der Waals surface area (Å²) in [7, 11) is 0. The lowest BCUT2D eigenvalue weighted by atomic mass is 9.85. The summed E-state index contributed by atoms with van der Waals surface area (Å²) in [6.07, 6.45) is 6.45. The highest BCUT2D eigenvalue weighted by molar-refractivity contribution is 6.22. The minimum absolute atomic E-state index is 0.970. The topological polar surface area (TPSA) is 13.1 Å². The number of fused-ring (bicyclic) bond motifs is 8. The zero-order valence-corrected chi connectivity index (χ0v) is 22.5. The third kappa shape index (κ3) is 3.36. The van der Waals surface area contributed by atoms with E-state index in [1.165, 1.54) is 76.3 Å². The molecule has 0 fully saturated rings. The van der Waals surface area contributed by atoms with Crippen molar-refractivity contribution >= 4 is 60.1 Å². The molecule has 0 saturated carbocycles. The number of furan rings is 1. The van der Waals surface area contributed by atoms with E-state index in [9.17, 15) is 0 Å². The van der Waals surface area contributed by atoms with Crippen LogP contribution in [-0.2, 0) is 6.42 Å². The minimum atomic E-state index is 0.970. The van der Waals surface area contributed by atoms with Gasteiger partial charge in [0.15, 0.2) is 0 Å². The molecule has 1 aliphatic rings. The van der Waals surface area contributed by atoms with E-state index in [1.54, 1.807) is 0 Å². The number of aryl methyl sites for hydroxylation is 1. The fourth-order valence-electron chi connectivity index (χ4n) is 7.05. The highest BCUT2D eigenvalue weighted by atomic mass is 16.3. The van der Waals surface area contributed by atoms with E-state index in [4.69, 9.17) is 4.42 Å². The maximum Gasteiger partial charge on any atom is 0.135 e. The van der Waals surface area contributed by atoms with E-state index in [1.807, 2.05) is 0 Å². The molecule has 0 N–H and O–H groups in total. The van der Waals surface area contributed by atoms with E-state index in [0.717, 1.165) is 24.2 Å². The Morgan fingerprint density at radius 3 is 1.73 bits per heavy atom. The fraction of sp³-hybridized carbons (Fsp3) is 0.0500. The standard InChI is InChI=1S/C40H26O/c1-2-10-29-25(9-1)17-18-26-23-27(19-21-30(26)29)39-33-12-3-5-14-35(33)40(36-15-6-4-13-34(36)39)28-20-22-32-31-11-7-8-16-37(31)41-38(32)24-28/h1-6,8-10,12-24H,7,11H2. The molecule has 7 aromatic carbocycles. The Labute approximate surface area is 238 Å². The van der Waals surface area contributed by atoms with Crippen LogP contribution in [0.2, 0.25) is 0 Å². The van der Waals surface area contributed by atoms with Gasteiger partial charge in [-0.2, -0.15) is 0 Å². The third-order valence-corrected chi connectivity index (χ3v) is 8.91. The molecule has 0 spiro atoms. The third-order valence-electron chi connectivity index (χ3n) is 8.91. The molecule has 0 radical (unpaired) electrons. The number of hydrogen-bond acceptors (Lipinski definition) is 1. The number of allylic oxidation sites excluding steroid dienone is 1. The average molecular weight is 523 g/mol. The van der Waals surface area contributed by atoms with Crippen LogP contribution in [0.15, 0.2) is 132 Å². The normalized spacial score (nSPS) is 13.1. The molecule has 1 heteroatoms. The Balaban J connectivity index is 1.33. The van der Waals surface area contributed by atoms with Crippen LogP contribution >= 0.6 is 0 Å². The minimum Gasteiger partial charge on any atom is -0.456 e. The second-order valence-electron chi connectivity index (χ2n) is 11.2. The van der Waals surface area contributed by atoms with Gasteiger partial charge in [-0.1, -0.05) is 115 Å². The molecule has 0 unspecified atom stereocenters. The number of benzene rings is 7. The summed E-state index contributed by atoms with van der Waals surface area (Å²) in [4.78, 5) is 0. The molecule has 1 nitrogen and oxygen atoms in total. The summed E-state index contributed by atoms with van der Waals surface area (Å²) < 4.78 is 6.35. The Morgan fingerprint density at radius 1 is 0.463 bits per heavy atom. The molecule has 0 atom stereocenters. The van der Waals surface area contributed by atoms with Crippen molar-refractivity contribution in [1.29, 1.82) is 0 Å². The Hall–Kier alpha value is -5.14. The van der Waals surface area contributed by atoms with Crippen molar-refractivity contribution in [3.05, 3.63) is 139 Å². The second-order valence-corrected chi connectivity index (χ2v) is 11.2. The molecular formula is C40H26O. The van der Waals surface area contributed by atoms with Crippen LogP contribution in [0.4, 0.5) is 0 Å². The maximum absolute atomic E-state index is 6.35. The maximum atomic E-state index is 6.35. The van der Waals surface area contributed by atoms with Gasteiger partial charge in [-0.15, -0.1) is 0 Å². The largest absolute Gasteiger partial charge is 0.456 e. The van der Waals surface area contributed by atoms with Crippen molar-refractivity contribution in [2.75, 3.05) is 0 Å². The molecule has 41 heavy (non-hydrogen) atoms. The monoisotopic (exact) mass is 522 g/mol. The summed E-state index contributed by atoms with van der Waals surface area (Å²) in [5.74, 6) is 1.01. The Bertz CT molecular complexity index is 2310. The van der Waals surface area contributed by atoms with E-state index in [-0.39, 0.29) is 0 Å². The number of hydrogen-bond donors (Lipinski definition) is 0. The van der Waals surface area contributed by atoms with E-state index in [0.29, 0.717) is 0 Å². The van der Waals surface area contributed by atoms with Gasteiger partial charge >= 0.3 is 0 Å². The average Bonchev–Trinajstić information content (AvgIpc) is 3.41. The lowest BCUT2D eigenvalue weighted by molar-refractivity contribution is 0.595. The van der Waals surface area contributed by atoms with Crippen LogP contribution in [0.1, 0.15) is 17.7 Å². The predicted octanol–water partition coefficient (Wildman–Crippen LogP) is 11.3. The molecule has 9 rings (SSSR count). The molecule has 0 saturated heterocycles. The van der Waals surface area contributed by atoms with E-state index >= 15 is 0 Å². The smallest absolute Gasteiger partial charge is 0.135 e. The summed E-state index contributed by atoms with van der Waals surface area (Å²) in [5, 5.41) is 11.4. The van der Waals surface area contributed by atoms with Gasteiger partial charge in [0.05, 0.1) is 0 Å². The summed E-state index contributed by atoms with van der Waals surface area (Å²) in [6, 6.07) is 44.6. The Kier molecular flexibility index (Phi) is 4.80. The van der Waals surface area contributed by atoms with Gasteiger partial charge in [0.2, 0.25) is 0 Å². The van der Waals surface area contributed by atoms with Gasteiger partial charge in [0.25, 0.3) is 0 Å². The van der Waals surface area contributed by atoms with Crippen molar-refractivity contribution in [3.8, 4) is 22.3 Å². The fourth-order valence-corrected chi connectivity index (χ4v) is 7.05. The lowest BCUT2D eigenvalue weighted by Crippen LogP contribution is -1.91. The highest BCUT2D eigenvalue weighted by Gasteiger charge is 2.19. The van der Waals surface area contributed by atoms with Crippen LogP contribution in [0.25, 0.3) is 82.4 Å². The van der Waals surface area contributed by atoms with Crippen LogP contribution in [0.5, 0.6) is 0 Å². The van der Waals surface area contributed by atoms with Crippen molar-refractivity contribution < 1.29 is 4.42 Å². The molecule has 0 bridgehead atoms. The molecule has 0 aliphatic heterocycles. The molecular weight excluding hydrogens is 496 g/mol. The Morgan fingerprint density at radius 2 is 1.02 bits per heavy atom. The van der Waals surface area contributed by atoms with Gasteiger partial charge < -0.3 is 4.42 Å². The number of rotatable bonds is 2. The quantitative estimate of drug-likeness (QED) is 0.163. The molecule has 8 aromatic rings. The van der Waals surface area contributed by atoms with Gasteiger partial charge in [-0.05, 0) is 96.4 Å². The first-order chi connectivity index (χ1) is 20.3. The van der Waals surface area contributed by atoms with Gasteiger partial charge in [-0.25, -0.2) is 0 Å². The highest BCUT2D eigenvalue weighted by Crippen LogP contribution is 2.45. The molecule has 192 valence electrons.